The smallest absolute Gasteiger partial charge is 0.123 e. The average Bonchev–Trinajstić information content (AvgIpc) is 2.48. The zero-order valence-electron chi connectivity index (χ0n) is 12.2. The van der Waals surface area contributed by atoms with Crippen LogP contribution in [0.15, 0.2) is 46.9 Å². The van der Waals surface area contributed by atoms with E-state index in [1.807, 2.05) is 24.3 Å². The second kappa shape index (κ2) is 7.57. The van der Waals surface area contributed by atoms with Gasteiger partial charge in [-0.2, -0.15) is 0 Å². The van der Waals surface area contributed by atoms with Crippen LogP contribution in [0, 0.1) is 5.82 Å². The number of methoxy groups -OCH3 is 1. The molecule has 0 amide bonds. The Hall–Kier alpha value is -1.39. The van der Waals surface area contributed by atoms with Crippen LogP contribution in [0.2, 0.25) is 0 Å². The van der Waals surface area contributed by atoms with E-state index < -0.39 is 0 Å². The van der Waals surface area contributed by atoms with Crippen LogP contribution in [0.25, 0.3) is 0 Å². The molecule has 0 radical (unpaired) electrons. The van der Waals surface area contributed by atoms with Crippen molar-refractivity contribution in [2.75, 3.05) is 13.7 Å². The highest BCUT2D eigenvalue weighted by Crippen LogP contribution is 2.28. The van der Waals surface area contributed by atoms with E-state index in [0.717, 1.165) is 34.3 Å². The van der Waals surface area contributed by atoms with Crippen LogP contribution >= 0.6 is 15.9 Å². The first-order chi connectivity index (χ1) is 10.1. The van der Waals surface area contributed by atoms with Crippen molar-refractivity contribution < 1.29 is 9.13 Å². The van der Waals surface area contributed by atoms with Gasteiger partial charge in [-0.25, -0.2) is 4.39 Å². The Kier molecular flexibility index (Phi) is 5.76. The van der Waals surface area contributed by atoms with Crippen molar-refractivity contribution in [1.82, 2.24) is 5.32 Å². The van der Waals surface area contributed by atoms with Gasteiger partial charge in [-0.3, -0.25) is 0 Å². The first-order valence-electron chi connectivity index (χ1n) is 6.95. The summed E-state index contributed by atoms with van der Waals surface area (Å²) >= 11 is 3.49. The molecule has 0 fully saturated rings. The molecule has 0 aliphatic carbocycles. The Labute approximate surface area is 133 Å². The van der Waals surface area contributed by atoms with Crippen molar-refractivity contribution >= 4 is 15.9 Å². The number of hydrogen-bond acceptors (Lipinski definition) is 2. The maximum Gasteiger partial charge on any atom is 0.123 e. The fraction of sp³-hybridized carbons (Fsp3) is 0.294. The topological polar surface area (TPSA) is 21.3 Å². The summed E-state index contributed by atoms with van der Waals surface area (Å²) in [4.78, 5) is 0. The standard InChI is InChI=1S/C17H19BrFNO/c1-3-20-16(12-4-7-15(19)8-5-12)11-13-10-14(18)6-9-17(13)21-2/h4-10,16,20H,3,11H2,1-2H3. The summed E-state index contributed by atoms with van der Waals surface area (Å²) in [6, 6.07) is 12.7. The van der Waals surface area contributed by atoms with Crippen LogP contribution in [-0.4, -0.2) is 13.7 Å². The van der Waals surface area contributed by atoms with Crippen molar-refractivity contribution in [3.8, 4) is 5.75 Å². The highest BCUT2D eigenvalue weighted by atomic mass is 79.9. The van der Waals surface area contributed by atoms with Gasteiger partial charge >= 0.3 is 0 Å². The van der Waals surface area contributed by atoms with E-state index in [9.17, 15) is 4.39 Å². The summed E-state index contributed by atoms with van der Waals surface area (Å²) in [5.74, 6) is 0.650. The molecular formula is C17H19BrFNO. The quantitative estimate of drug-likeness (QED) is 0.827. The lowest BCUT2D eigenvalue weighted by molar-refractivity contribution is 0.405. The summed E-state index contributed by atoms with van der Waals surface area (Å²) in [7, 11) is 1.67. The Morgan fingerprint density at radius 2 is 1.90 bits per heavy atom. The molecule has 0 aromatic heterocycles. The SMILES string of the molecule is CCNC(Cc1cc(Br)ccc1OC)c1ccc(F)cc1. The fourth-order valence-corrected chi connectivity index (χ4v) is 2.78. The van der Waals surface area contributed by atoms with Crippen molar-refractivity contribution in [3.63, 3.8) is 0 Å². The largest absolute Gasteiger partial charge is 0.496 e. The van der Waals surface area contributed by atoms with Gasteiger partial charge in [0.2, 0.25) is 0 Å². The Balaban J connectivity index is 2.27. The molecule has 0 saturated heterocycles. The second-order valence-electron chi connectivity index (χ2n) is 4.82. The Morgan fingerprint density at radius 3 is 2.52 bits per heavy atom. The van der Waals surface area contributed by atoms with E-state index in [4.69, 9.17) is 4.74 Å². The van der Waals surface area contributed by atoms with Gasteiger partial charge in [0.25, 0.3) is 0 Å². The van der Waals surface area contributed by atoms with E-state index in [0.29, 0.717) is 0 Å². The van der Waals surface area contributed by atoms with Crippen molar-refractivity contribution in [1.29, 1.82) is 0 Å². The van der Waals surface area contributed by atoms with Crippen molar-refractivity contribution in [3.05, 3.63) is 63.9 Å². The molecule has 4 heteroatoms. The monoisotopic (exact) mass is 351 g/mol. The summed E-state index contributed by atoms with van der Waals surface area (Å²) in [5.41, 5.74) is 2.18. The van der Waals surface area contributed by atoms with Gasteiger partial charge in [0.15, 0.2) is 0 Å². The molecule has 0 spiro atoms. The summed E-state index contributed by atoms with van der Waals surface area (Å²) in [5, 5.41) is 3.44. The zero-order chi connectivity index (χ0) is 15.2. The van der Waals surface area contributed by atoms with Gasteiger partial charge in [-0.15, -0.1) is 0 Å². The lowest BCUT2D eigenvalue weighted by atomic mass is 9.98. The Bertz CT molecular complexity index is 586. The normalized spacial score (nSPS) is 12.2. The predicted molar refractivity (Wildman–Crippen MR) is 87.2 cm³/mol. The predicted octanol–water partition coefficient (Wildman–Crippen LogP) is 4.49. The van der Waals surface area contributed by atoms with Crippen LogP contribution < -0.4 is 10.1 Å². The van der Waals surface area contributed by atoms with Crippen molar-refractivity contribution in [2.24, 2.45) is 0 Å². The number of rotatable bonds is 6. The van der Waals surface area contributed by atoms with Gasteiger partial charge in [0.05, 0.1) is 7.11 Å². The van der Waals surface area contributed by atoms with Crippen LogP contribution in [0.3, 0.4) is 0 Å². The molecule has 0 aliphatic heterocycles. The number of hydrogen-bond donors (Lipinski definition) is 1. The lowest BCUT2D eigenvalue weighted by Crippen LogP contribution is -2.23. The number of benzene rings is 2. The first kappa shape index (κ1) is 16.0. The molecule has 0 saturated carbocycles. The third-order valence-corrected chi connectivity index (χ3v) is 3.88. The molecule has 0 heterocycles. The van der Waals surface area contributed by atoms with E-state index in [1.165, 1.54) is 12.1 Å². The molecule has 0 aliphatic rings. The molecule has 1 N–H and O–H groups in total. The molecule has 21 heavy (non-hydrogen) atoms. The fourth-order valence-electron chi connectivity index (χ4n) is 2.38. The number of halogens is 2. The first-order valence-corrected chi connectivity index (χ1v) is 7.74. The van der Waals surface area contributed by atoms with Crippen LogP contribution in [0.1, 0.15) is 24.1 Å². The highest BCUT2D eigenvalue weighted by molar-refractivity contribution is 9.10. The molecule has 2 nitrogen and oxygen atoms in total. The number of ether oxygens (including phenoxy) is 1. The van der Waals surface area contributed by atoms with Gasteiger partial charge in [0, 0.05) is 10.5 Å². The lowest BCUT2D eigenvalue weighted by Gasteiger charge is -2.20. The molecular weight excluding hydrogens is 333 g/mol. The van der Waals surface area contributed by atoms with E-state index in [-0.39, 0.29) is 11.9 Å². The van der Waals surface area contributed by atoms with Crippen molar-refractivity contribution in [2.45, 2.75) is 19.4 Å². The van der Waals surface area contributed by atoms with E-state index in [1.54, 1.807) is 7.11 Å². The molecule has 2 aromatic rings. The van der Waals surface area contributed by atoms with E-state index >= 15 is 0 Å². The third kappa shape index (κ3) is 4.29. The average molecular weight is 352 g/mol. The summed E-state index contributed by atoms with van der Waals surface area (Å²) in [6.07, 6.45) is 0.780. The summed E-state index contributed by atoms with van der Waals surface area (Å²) < 4.78 is 19.5. The minimum atomic E-state index is -0.214. The van der Waals surface area contributed by atoms with Gasteiger partial charge in [-0.1, -0.05) is 35.0 Å². The molecule has 2 rings (SSSR count). The van der Waals surface area contributed by atoms with Gasteiger partial charge < -0.3 is 10.1 Å². The minimum Gasteiger partial charge on any atom is -0.496 e. The highest BCUT2D eigenvalue weighted by Gasteiger charge is 2.14. The molecule has 1 atom stereocenters. The Morgan fingerprint density at radius 1 is 1.19 bits per heavy atom. The van der Waals surface area contributed by atoms with Crippen LogP contribution in [0.4, 0.5) is 4.39 Å². The second-order valence-corrected chi connectivity index (χ2v) is 5.74. The number of likely N-dealkylation sites (N-methyl/N-ethyl adjacent to an activating group) is 1. The van der Waals surface area contributed by atoms with Gasteiger partial charge in [-0.05, 0) is 54.4 Å². The third-order valence-electron chi connectivity index (χ3n) is 3.39. The van der Waals surface area contributed by atoms with Gasteiger partial charge in [0.1, 0.15) is 11.6 Å². The molecule has 2 aromatic carbocycles. The summed E-state index contributed by atoms with van der Waals surface area (Å²) in [6.45, 7) is 2.91. The number of nitrogens with one attached hydrogen (secondary N) is 1. The zero-order valence-corrected chi connectivity index (χ0v) is 13.8. The molecule has 0 bridgehead atoms. The van der Waals surface area contributed by atoms with Crippen LogP contribution in [-0.2, 0) is 6.42 Å². The maximum absolute atomic E-state index is 13.1. The molecule has 1 unspecified atom stereocenters. The van der Waals surface area contributed by atoms with Crippen LogP contribution in [0.5, 0.6) is 5.75 Å². The maximum atomic E-state index is 13.1. The minimum absolute atomic E-state index is 0.124. The van der Waals surface area contributed by atoms with E-state index in [2.05, 4.69) is 34.2 Å². The molecule has 112 valence electrons.